The van der Waals surface area contributed by atoms with Crippen LogP contribution >= 0.6 is 0 Å². The highest BCUT2D eigenvalue weighted by Crippen LogP contribution is 2.41. The van der Waals surface area contributed by atoms with Gasteiger partial charge in [0, 0.05) is 44.4 Å². The number of fused-ring (bicyclic) bond motifs is 2. The quantitative estimate of drug-likeness (QED) is 0.663. The van der Waals surface area contributed by atoms with Gasteiger partial charge in [-0.3, -0.25) is 14.5 Å². The van der Waals surface area contributed by atoms with Crippen molar-refractivity contribution in [2.75, 3.05) is 44.2 Å². The molecule has 0 bridgehead atoms. The highest BCUT2D eigenvalue weighted by atomic mass is 19.4. The second-order valence-corrected chi connectivity index (χ2v) is 8.59. The zero-order valence-corrected chi connectivity index (χ0v) is 18.5. The van der Waals surface area contributed by atoms with E-state index in [0.29, 0.717) is 30.2 Å². The van der Waals surface area contributed by atoms with E-state index in [4.69, 9.17) is 4.74 Å². The van der Waals surface area contributed by atoms with E-state index in [2.05, 4.69) is 10.3 Å². The van der Waals surface area contributed by atoms with Crippen LogP contribution < -0.4 is 15.0 Å². The van der Waals surface area contributed by atoms with Crippen molar-refractivity contribution in [3.8, 4) is 5.75 Å². The molecule has 1 unspecified atom stereocenters. The Balaban J connectivity index is 1.22. The molecule has 1 spiro atoms. The maximum Gasteiger partial charge on any atom is 0.417 e. The molecule has 2 saturated heterocycles. The molecular weight excluding hydrogens is 467 g/mol. The number of nitrogens with one attached hydrogen (secondary N) is 1. The number of benzene rings is 1. The van der Waals surface area contributed by atoms with Crippen LogP contribution in [0.5, 0.6) is 5.75 Å². The van der Waals surface area contributed by atoms with Crippen LogP contribution in [0.25, 0.3) is 0 Å². The lowest BCUT2D eigenvalue weighted by Gasteiger charge is -2.36. The summed E-state index contributed by atoms with van der Waals surface area (Å²) in [6.07, 6.45) is -3.41. The number of carbonyl (C=O) groups excluding carboxylic acids is 3. The fourth-order valence-corrected chi connectivity index (χ4v) is 4.68. The first-order chi connectivity index (χ1) is 16.7. The minimum atomic E-state index is -4.46. The average molecular weight is 489 g/mol. The Morgan fingerprint density at radius 2 is 1.83 bits per heavy atom. The summed E-state index contributed by atoms with van der Waals surface area (Å²) in [5, 5.41) is 2.77. The maximum absolute atomic E-state index is 13.3. The number of anilines is 1. The van der Waals surface area contributed by atoms with Gasteiger partial charge in [-0.05, 0) is 18.2 Å². The molecule has 1 N–H and O–H groups in total. The number of pyridine rings is 1. The molecule has 4 heterocycles. The molecule has 1 aromatic heterocycles. The minimum Gasteiger partial charge on any atom is -0.493 e. The largest absolute Gasteiger partial charge is 0.493 e. The third-order valence-corrected chi connectivity index (χ3v) is 6.58. The lowest BCUT2D eigenvalue weighted by Crippen LogP contribution is -2.52. The number of hydrogen-bond donors (Lipinski definition) is 1. The monoisotopic (exact) mass is 489 g/mol. The van der Waals surface area contributed by atoms with Crippen molar-refractivity contribution >= 4 is 23.7 Å². The van der Waals surface area contributed by atoms with Gasteiger partial charge >= 0.3 is 12.2 Å². The third kappa shape index (κ3) is 4.02. The van der Waals surface area contributed by atoms with Crippen LogP contribution in [0.4, 0.5) is 23.8 Å². The van der Waals surface area contributed by atoms with Gasteiger partial charge in [-0.2, -0.15) is 13.2 Å². The fraction of sp³-hybridized carbons (Fsp3) is 0.391. The van der Waals surface area contributed by atoms with Crippen molar-refractivity contribution < 1.29 is 32.3 Å². The second kappa shape index (κ2) is 8.43. The van der Waals surface area contributed by atoms with Gasteiger partial charge in [-0.15, -0.1) is 0 Å². The number of hydrogen-bond acceptors (Lipinski definition) is 6. The van der Waals surface area contributed by atoms with Gasteiger partial charge in [-0.1, -0.05) is 18.2 Å². The Kier molecular flexibility index (Phi) is 5.53. The smallest absolute Gasteiger partial charge is 0.417 e. The molecule has 12 heteroatoms. The summed E-state index contributed by atoms with van der Waals surface area (Å²) in [5.74, 6) is 0.0398. The number of piperazine rings is 1. The van der Waals surface area contributed by atoms with Crippen LogP contribution in [-0.2, 0) is 21.3 Å². The normalized spacial score (nSPS) is 22.2. The molecule has 35 heavy (non-hydrogen) atoms. The summed E-state index contributed by atoms with van der Waals surface area (Å²) < 4.78 is 43.9. The lowest BCUT2D eigenvalue weighted by molar-refractivity contribution is -0.139. The van der Waals surface area contributed by atoms with Crippen LogP contribution in [0.2, 0.25) is 0 Å². The summed E-state index contributed by atoms with van der Waals surface area (Å²) in [6.45, 7) is 1.15. The molecule has 3 aliphatic rings. The Morgan fingerprint density at radius 1 is 1.09 bits per heavy atom. The molecule has 3 aliphatic heterocycles. The maximum atomic E-state index is 13.3. The van der Waals surface area contributed by atoms with E-state index < -0.39 is 35.8 Å². The molecule has 9 nitrogen and oxygen atoms in total. The van der Waals surface area contributed by atoms with Crippen LogP contribution in [0.3, 0.4) is 0 Å². The van der Waals surface area contributed by atoms with E-state index in [1.165, 1.54) is 11.0 Å². The number of amides is 4. The van der Waals surface area contributed by atoms with E-state index in [1.54, 1.807) is 29.2 Å². The first-order valence-electron chi connectivity index (χ1n) is 11.1. The number of para-hydroxylation sites is 1. The van der Waals surface area contributed by atoms with Gasteiger partial charge in [0.15, 0.2) is 5.54 Å². The van der Waals surface area contributed by atoms with Gasteiger partial charge in [-0.25, -0.2) is 9.78 Å². The lowest BCUT2D eigenvalue weighted by atomic mass is 9.84. The number of ether oxygens (including phenoxy) is 1. The van der Waals surface area contributed by atoms with Crippen molar-refractivity contribution in [3.63, 3.8) is 0 Å². The van der Waals surface area contributed by atoms with E-state index in [-0.39, 0.29) is 32.0 Å². The first kappa shape index (κ1) is 22.9. The van der Waals surface area contributed by atoms with Crippen LogP contribution in [0, 0.1) is 0 Å². The molecule has 1 atom stereocenters. The van der Waals surface area contributed by atoms with Gasteiger partial charge < -0.3 is 19.9 Å². The molecule has 184 valence electrons. The van der Waals surface area contributed by atoms with Gasteiger partial charge in [0.2, 0.25) is 5.91 Å². The van der Waals surface area contributed by atoms with Gasteiger partial charge in [0.1, 0.15) is 18.1 Å². The van der Waals surface area contributed by atoms with Crippen molar-refractivity contribution in [1.82, 2.24) is 20.1 Å². The highest BCUT2D eigenvalue weighted by molar-refractivity contribution is 6.09. The minimum absolute atomic E-state index is 0.255. The Labute approximate surface area is 198 Å². The Hall–Kier alpha value is -3.83. The van der Waals surface area contributed by atoms with E-state index in [9.17, 15) is 27.6 Å². The number of carbonyl (C=O) groups is 3. The van der Waals surface area contributed by atoms with Gasteiger partial charge in [0.25, 0.3) is 5.91 Å². The third-order valence-electron chi connectivity index (χ3n) is 6.58. The first-order valence-corrected chi connectivity index (χ1v) is 11.1. The summed E-state index contributed by atoms with van der Waals surface area (Å²) in [7, 11) is 0. The van der Waals surface area contributed by atoms with Gasteiger partial charge in [0.05, 0.1) is 12.2 Å². The van der Waals surface area contributed by atoms with Crippen LogP contribution in [0.15, 0.2) is 42.6 Å². The number of nitrogens with zero attached hydrogens (tertiary/aromatic N) is 4. The topological polar surface area (TPSA) is 95.1 Å². The number of aromatic nitrogens is 1. The molecule has 4 amide bonds. The number of halogens is 3. The van der Waals surface area contributed by atoms with Crippen LogP contribution in [-0.4, -0.2) is 72.0 Å². The summed E-state index contributed by atoms with van der Waals surface area (Å²) in [5.41, 5.74) is -1.51. The van der Waals surface area contributed by atoms with E-state index in [0.717, 1.165) is 17.2 Å². The highest BCUT2D eigenvalue weighted by Gasteiger charge is 2.55. The Morgan fingerprint density at radius 3 is 2.51 bits per heavy atom. The number of imide groups is 1. The zero-order chi connectivity index (χ0) is 24.8. The van der Waals surface area contributed by atoms with E-state index >= 15 is 0 Å². The zero-order valence-electron chi connectivity index (χ0n) is 18.5. The Bertz CT molecular complexity index is 1160. The standard InChI is InChI=1S/C23H22F3N5O4/c24-23(25,26)15-5-6-18(27-13-15)29-8-10-30(11-9-29)19(32)14-31-20(33)22(28-21(31)34)7-12-35-17-4-2-1-3-16(17)22/h1-6,13H,7-12,14H2,(H,28,34). The SMILES string of the molecule is O=C(CN1C(=O)NC2(CCOc3ccccc32)C1=O)N1CCN(c2ccc(C(F)(F)F)cn2)CC1. The molecule has 0 aliphatic carbocycles. The molecule has 2 aromatic rings. The molecule has 2 fully saturated rings. The fourth-order valence-electron chi connectivity index (χ4n) is 4.68. The number of urea groups is 1. The van der Waals surface area contributed by atoms with Crippen molar-refractivity contribution in [1.29, 1.82) is 0 Å². The average Bonchev–Trinajstić information content (AvgIpc) is 3.08. The van der Waals surface area contributed by atoms with E-state index in [1.807, 2.05) is 0 Å². The predicted octanol–water partition coefficient (Wildman–Crippen LogP) is 1.98. The molecule has 5 rings (SSSR count). The summed E-state index contributed by atoms with van der Waals surface area (Å²) >= 11 is 0. The van der Waals surface area contributed by atoms with Crippen molar-refractivity contribution in [3.05, 3.63) is 53.7 Å². The van der Waals surface area contributed by atoms with Crippen molar-refractivity contribution in [2.45, 2.75) is 18.1 Å². The molecular formula is C23H22F3N5O4. The molecule has 0 radical (unpaired) electrons. The summed E-state index contributed by atoms with van der Waals surface area (Å²) in [4.78, 5) is 47.1. The van der Waals surface area contributed by atoms with Crippen molar-refractivity contribution in [2.24, 2.45) is 0 Å². The van der Waals surface area contributed by atoms with Crippen LogP contribution in [0.1, 0.15) is 17.5 Å². The summed E-state index contributed by atoms with van der Waals surface area (Å²) in [6, 6.07) is 8.64. The number of rotatable bonds is 3. The molecule has 1 aromatic carbocycles. The number of alkyl halides is 3. The predicted molar refractivity (Wildman–Crippen MR) is 117 cm³/mol. The second-order valence-electron chi connectivity index (χ2n) is 8.59. The molecule has 0 saturated carbocycles.